The average molecular weight is 435 g/mol. The second-order valence-corrected chi connectivity index (χ2v) is 8.70. The van der Waals surface area contributed by atoms with Crippen LogP contribution in [0, 0.1) is 5.92 Å². The van der Waals surface area contributed by atoms with Crippen molar-refractivity contribution >= 4 is 46.0 Å². The largest absolute Gasteiger partial charge is 0.325 e. The van der Waals surface area contributed by atoms with Crippen molar-refractivity contribution in [1.29, 1.82) is 0 Å². The van der Waals surface area contributed by atoms with Gasteiger partial charge in [-0.3, -0.25) is 14.6 Å². The number of aryl methyl sites for hydroxylation is 1. The van der Waals surface area contributed by atoms with E-state index in [1.54, 1.807) is 4.90 Å². The number of aliphatic imine (C=N–C) groups is 2. The Hall–Kier alpha value is -2.93. The summed E-state index contributed by atoms with van der Waals surface area (Å²) >= 11 is 1.26. The molecule has 0 spiro atoms. The van der Waals surface area contributed by atoms with Gasteiger partial charge in [0.1, 0.15) is 11.9 Å². The molecule has 2 heterocycles. The zero-order valence-corrected chi connectivity index (χ0v) is 18.8. The molecule has 2 aromatic carbocycles. The molecular weight excluding hydrogens is 408 g/mol. The highest BCUT2D eigenvalue weighted by Crippen LogP contribution is 2.35. The van der Waals surface area contributed by atoms with Gasteiger partial charge in [-0.05, 0) is 42.2 Å². The van der Waals surface area contributed by atoms with Gasteiger partial charge in [0.05, 0.1) is 11.4 Å². The molecule has 6 nitrogen and oxygen atoms in total. The van der Waals surface area contributed by atoms with Crippen molar-refractivity contribution in [3.05, 3.63) is 59.7 Å². The van der Waals surface area contributed by atoms with Crippen LogP contribution in [0.1, 0.15) is 38.3 Å². The number of amidine groups is 2. The number of nitrogens with one attached hydrogen (secondary N) is 1. The monoisotopic (exact) mass is 434 g/mol. The summed E-state index contributed by atoms with van der Waals surface area (Å²) in [7, 11) is 0. The first-order chi connectivity index (χ1) is 15.0. The van der Waals surface area contributed by atoms with Crippen LogP contribution in [0.2, 0.25) is 0 Å². The van der Waals surface area contributed by atoms with Crippen LogP contribution in [0.25, 0.3) is 0 Å². The number of fused-ring (bicyclic) bond motifs is 3. The fourth-order valence-corrected chi connectivity index (χ4v) is 4.41. The maximum Gasteiger partial charge on any atom is 0.259 e. The molecule has 0 saturated carbocycles. The van der Waals surface area contributed by atoms with Gasteiger partial charge < -0.3 is 5.32 Å². The van der Waals surface area contributed by atoms with Crippen LogP contribution in [-0.2, 0) is 16.0 Å². The van der Waals surface area contributed by atoms with E-state index in [9.17, 15) is 9.59 Å². The van der Waals surface area contributed by atoms with Crippen molar-refractivity contribution in [2.24, 2.45) is 15.9 Å². The highest BCUT2D eigenvalue weighted by Gasteiger charge is 2.43. The molecule has 160 valence electrons. The Bertz CT molecular complexity index is 1060. The molecule has 0 unspecified atom stereocenters. The van der Waals surface area contributed by atoms with Gasteiger partial charge in [0.2, 0.25) is 5.91 Å². The minimum Gasteiger partial charge on any atom is -0.325 e. The fraction of sp³-hybridized carbons (Fsp3) is 0.333. The molecule has 2 aliphatic heterocycles. The smallest absolute Gasteiger partial charge is 0.259 e. The second-order valence-electron chi connectivity index (χ2n) is 7.76. The molecular formula is C24H26N4O2S. The average Bonchev–Trinajstić information content (AvgIpc) is 3.15. The first kappa shape index (κ1) is 21.3. The van der Waals surface area contributed by atoms with Crippen LogP contribution in [0.3, 0.4) is 0 Å². The summed E-state index contributed by atoms with van der Waals surface area (Å²) in [6.45, 7) is 6.19. The third-order valence-corrected chi connectivity index (χ3v) is 6.60. The number of benzene rings is 2. The highest BCUT2D eigenvalue weighted by atomic mass is 32.2. The normalized spacial score (nSPS) is 18.1. The van der Waals surface area contributed by atoms with E-state index in [1.165, 1.54) is 17.3 Å². The van der Waals surface area contributed by atoms with Gasteiger partial charge in [0, 0.05) is 11.3 Å². The number of thioether (sulfide) groups is 1. The van der Waals surface area contributed by atoms with E-state index in [1.807, 2.05) is 55.5 Å². The molecule has 1 N–H and O–H groups in total. The van der Waals surface area contributed by atoms with E-state index in [0.29, 0.717) is 11.0 Å². The molecule has 2 aliphatic rings. The zero-order valence-electron chi connectivity index (χ0n) is 18.0. The SMILES string of the molecule is CCc1ccc(NC(=O)CSC2=Nc3ccccc3C3=N[C@@H]([C@@H](C)CC)C(=O)N23)cc1. The number of rotatable bonds is 6. The van der Waals surface area contributed by atoms with Crippen molar-refractivity contribution in [2.75, 3.05) is 11.1 Å². The first-order valence-electron chi connectivity index (χ1n) is 10.6. The van der Waals surface area contributed by atoms with Gasteiger partial charge >= 0.3 is 0 Å². The molecule has 0 radical (unpaired) electrons. The van der Waals surface area contributed by atoms with Gasteiger partial charge in [-0.15, -0.1) is 0 Å². The summed E-state index contributed by atoms with van der Waals surface area (Å²) in [6, 6.07) is 15.1. The standard InChI is InChI=1S/C24H26N4O2S/c1-4-15(3)21-23(30)28-22(27-21)18-8-6-7-9-19(18)26-24(28)31-14-20(29)25-17-12-10-16(5-2)11-13-17/h6-13,15,21H,4-5,14H2,1-3H3,(H,25,29)/t15-,21-/m0/s1. The summed E-state index contributed by atoms with van der Waals surface area (Å²) in [5, 5.41) is 3.41. The molecule has 0 bridgehead atoms. The van der Waals surface area contributed by atoms with E-state index in [-0.39, 0.29) is 23.5 Å². The Morgan fingerprint density at radius 1 is 1.16 bits per heavy atom. The first-order valence-corrected chi connectivity index (χ1v) is 11.6. The Morgan fingerprint density at radius 2 is 1.90 bits per heavy atom. The van der Waals surface area contributed by atoms with Crippen molar-refractivity contribution in [3.63, 3.8) is 0 Å². The Kier molecular flexibility index (Phi) is 6.23. The van der Waals surface area contributed by atoms with Gasteiger partial charge in [0.15, 0.2) is 5.17 Å². The number of para-hydroxylation sites is 1. The lowest BCUT2D eigenvalue weighted by molar-refractivity contribution is -0.125. The topological polar surface area (TPSA) is 74.1 Å². The Balaban J connectivity index is 1.52. The number of amides is 2. The predicted molar refractivity (Wildman–Crippen MR) is 127 cm³/mol. The highest BCUT2D eigenvalue weighted by molar-refractivity contribution is 8.14. The van der Waals surface area contributed by atoms with Crippen molar-refractivity contribution in [1.82, 2.24) is 4.90 Å². The van der Waals surface area contributed by atoms with Gasteiger partial charge in [-0.25, -0.2) is 9.89 Å². The lowest BCUT2D eigenvalue weighted by Gasteiger charge is -2.25. The molecule has 2 amide bonds. The summed E-state index contributed by atoms with van der Waals surface area (Å²) in [6.07, 6.45) is 1.82. The van der Waals surface area contributed by atoms with Crippen molar-refractivity contribution < 1.29 is 9.59 Å². The minimum absolute atomic E-state index is 0.0688. The molecule has 0 aliphatic carbocycles. The lowest BCUT2D eigenvalue weighted by Crippen LogP contribution is -2.42. The van der Waals surface area contributed by atoms with Crippen LogP contribution < -0.4 is 5.32 Å². The van der Waals surface area contributed by atoms with Crippen LogP contribution in [-0.4, -0.2) is 39.5 Å². The van der Waals surface area contributed by atoms with E-state index >= 15 is 0 Å². The molecule has 31 heavy (non-hydrogen) atoms. The fourth-order valence-electron chi connectivity index (χ4n) is 3.61. The van der Waals surface area contributed by atoms with E-state index in [2.05, 4.69) is 24.2 Å². The van der Waals surface area contributed by atoms with Gasteiger partial charge in [-0.1, -0.05) is 63.2 Å². The number of carbonyl (C=O) groups excluding carboxylic acids is 2. The Morgan fingerprint density at radius 3 is 2.61 bits per heavy atom. The van der Waals surface area contributed by atoms with E-state index in [0.717, 1.165) is 29.8 Å². The minimum atomic E-state index is -0.414. The summed E-state index contributed by atoms with van der Waals surface area (Å²) in [5.74, 6) is 0.721. The molecule has 0 saturated heterocycles. The van der Waals surface area contributed by atoms with E-state index in [4.69, 9.17) is 4.99 Å². The third kappa shape index (κ3) is 4.28. The second kappa shape index (κ2) is 9.06. The maximum absolute atomic E-state index is 13.2. The maximum atomic E-state index is 13.2. The quantitative estimate of drug-likeness (QED) is 0.721. The summed E-state index contributed by atoms with van der Waals surface area (Å²) in [5.41, 5.74) is 3.60. The van der Waals surface area contributed by atoms with Crippen molar-refractivity contribution in [2.45, 2.75) is 39.7 Å². The van der Waals surface area contributed by atoms with Crippen molar-refractivity contribution in [3.8, 4) is 0 Å². The number of nitrogens with zero attached hydrogens (tertiary/aromatic N) is 3. The predicted octanol–water partition coefficient (Wildman–Crippen LogP) is 4.63. The number of hydrogen-bond donors (Lipinski definition) is 1. The summed E-state index contributed by atoms with van der Waals surface area (Å²) < 4.78 is 0. The molecule has 4 rings (SSSR count). The Labute approximate surface area is 186 Å². The van der Waals surface area contributed by atoms with Crippen LogP contribution in [0.5, 0.6) is 0 Å². The molecule has 2 atom stereocenters. The number of hydrogen-bond acceptors (Lipinski definition) is 5. The molecule has 2 aromatic rings. The number of anilines is 1. The molecule has 0 aromatic heterocycles. The third-order valence-electron chi connectivity index (χ3n) is 5.66. The van der Waals surface area contributed by atoms with Crippen LogP contribution in [0.4, 0.5) is 11.4 Å². The van der Waals surface area contributed by atoms with Gasteiger partial charge in [0.25, 0.3) is 5.91 Å². The van der Waals surface area contributed by atoms with Crippen LogP contribution >= 0.6 is 11.8 Å². The van der Waals surface area contributed by atoms with Crippen LogP contribution in [0.15, 0.2) is 58.5 Å². The molecule has 7 heteroatoms. The molecule has 0 fully saturated rings. The zero-order chi connectivity index (χ0) is 22.0. The van der Waals surface area contributed by atoms with Gasteiger partial charge in [-0.2, -0.15) is 0 Å². The summed E-state index contributed by atoms with van der Waals surface area (Å²) in [4.78, 5) is 36.7. The van der Waals surface area contributed by atoms with E-state index < -0.39 is 6.04 Å². The lowest BCUT2D eigenvalue weighted by atomic mass is 10.00. The number of carbonyl (C=O) groups is 2.